The normalized spacial score (nSPS) is 14.7. The van der Waals surface area contributed by atoms with Gasteiger partial charge in [0.1, 0.15) is 0 Å². The summed E-state index contributed by atoms with van der Waals surface area (Å²) in [6.07, 6.45) is -6.26. The molecule has 5 nitrogen and oxygen atoms in total. The van der Waals surface area contributed by atoms with E-state index in [0.29, 0.717) is 0 Å². The highest BCUT2D eigenvalue weighted by molar-refractivity contribution is 5.96. The van der Waals surface area contributed by atoms with E-state index in [2.05, 4.69) is 9.47 Å². The summed E-state index contributed by atoms with van der Waals surface area (Å²) in [6.45, 7) is 4.11. The number of hydrogen-bond donors (Lipinski definition) is 1. The molecule has 0 spiro atoms. The van der Waals surface area contributed by atoms with E-state index < -0.39 is 42.5 Å². The smallest absolute Gasteiger partial charge is 0.389 e. The molecule has 8 heteroatoms. The first-order valence-corrected chi connectivity index (χ1v) is 6.67. The van der Waals surface area contributed by atoms with Gasteiger partial charge in [0, 0.05) is 6.42 Å². The highest BCUT2D eigenvalue weighted by Gasteiger charge is 2.45. The Hall–Kier alpha value is -1.31. The Morgan fingerprint density at radius 1 is 1.05 bits per heavy atom. The Bertz CT molecular complexity index is 334. The van der Waals surface area contributed by atoms with Crippen molar-refractivity contribution in [3.8, 4) is 0 Å². The summed E-state index contributed by atoms with van der Waals surface area (Å²) in [4.78, 5) is 23.5. The molecular formula is C13H21F3O5. The van der Waals surface area contributed by atoms with Gasteiger partial charge in [0.25, 0.3) is 0 Å². The molecule has 0 aliphatic rings. The van der Waals surface area contributed by atoms with E-state index in [1.165, 1.54) is 13.8 Å². The molecule has 0 aromatic rings. The number of aliphatic hydroxyl groups is 1. The molecule has 0 saturated heterocycles. The summed E-state index contributed by atoms with van der Waals surface area (Å²) in [7, 11) is 0. The zero-order valence-electron chi connectivity index (χ0n) is 12.3. The highest BCUT2D eigenvalue weighted by atomic mass is 19.4. The molecule has 124 valence electrons. The molecule has 0 rings (SSSR count). The number of esters is 2. The fourth-order valence-electron chi connectivity index (χ4n) is 1.85. The van der Waals surface area contributed by atoms with Crippen LogP contribution >= 0.6 is 0 Å². The maximum atomic E-state index is 12.1. The van der Waals surface area contributed by atoms with Crippen LogP contribution in [-0.4, -0.2) is 42.0 Å². The van der Waals surface area contributed by atoms with Gasteiger partial charge < -0.3 is 14.6 Å². The van der Waals surface area contributed by atoms with E-state index in [9.17, 15) is 27.9 Å². The standard InChI is InChI=1S/C13H21F3O5/c1-4-20-10(17)9(11(18)21-5-2)12(3,19)7-6-8-13(14,15)16/h9,19H,4-8H2,1-3H3. The molecular weight excluding hydrogens is 293 g/mol. The number of rotatable bonds is 8. The van der Waals surface area contributed by atoms with Gasteiger partial charge >= 0.3 is 18.1 Å². The van der Waals surface area contributed by atoms with Gasteiger partial charge in [-0.15, -0.1) is 0 Å². The van der Waals surface area contributed by atoms with Crippen LogP contribution in [0.2, 0.25) is 0 Å². The second-order valence-electron chi connectivity index (χ2n) is 4.76. The fraction of sp³-hybridized carbons (Fsp3) is 0.846. The van der Waals surface area contributed by atoms with E-state index in [-0.39, 0.29) is 19.6 Å². The summed E-state index contributed by atoms with van der Waals surface area (Å²) in [5.74, 6) is -3.67. The van der Waals surface area contributed by atoms with Crippen LogP contribution in [0.4, 0.5) is 13.2 Å². The third kappa shape index (κ3) is 7.31. The molecule has 0 aromatic carbocycles. The Balaban J connectivity index is 4.93. The van der Waals surface area contributed by atoms with Crippen molar-refractivity contribution in [2.24, 2.45) is 5.92 Å². The van der Waals surface area contributed by atoms with Crippen molar-refractivity contribution in [2.45, 2.75) is 51.8 Å². The Labute approximate surface area is 121 Å². The second-order valence-corrected chi connectivity index (χ2v) is 4.76. The van der Waals surface area contributed by atoms with E-state index in [1.807, 2.05) is 0 Å². The lowest BCUT2D eigenvalue weighted by molar-refractivity contribution is -0.174. The van der Waals surface area contributed by atoms with Crippen LogP contribution in [0.25, 0.3) is 0 Å². The third-order valence-corrected chi connectivity index (χ3v) is 2.81. The minimum atomic E-state index is -4.36. The molecule has 0 heterocycles. The first-order chi connectivity index (χ1) is 9.55. The van der Waals surface area contributed by atoms with Gasteiger partial charge in [-0.1, -0.05) is 0 Å². The largest absolute Gasteiger partial charge is 0.465 e. The minimum Gasteiger partial charge on any atom is -0.465 e. The summed E-state index contributed by atoms with van der Waals surface area (Å²) in [5, 5.41) is 10.2. The molecule has 0 aromatic heterocycles. The molecule has 1 unspecified atom stereocenters. The van der Waals surface area contributed by atoms with Crippen molar-refractivity contribution in [3.05, 3.63) is 0 Å². The topological polar surface area (TPSA) is 72.8 Å². The zero-order valence-corrected chi connectivity index (χ0v) is 12.3. The van der Waals surface area contributed by atoms with E-state index in [1.54, 1.807) is 0 Å². The fourth-order valence-corrected chi connectivity index (χ4v) is 1.85. The average Bonchev–Trinajstić information content (AvgIpc) is 2.26. The Kier molecular flexibility index (Phi) is 7.70. The lowest BCUT2D eigenvalue weighted by atomic mass is 9.84. The van der Waals surface area contributed by atoms with Crippen LogP contribution < -0.4 is 0 Å². The van der Waals surface area contributed by atoms with Crippen molar-refractivity contribution in [3.63, 3.8) is 0 Å². The number of alkyl halides is 3. The van der Waals surface area contributed by atoms with Crippen molar-refractivity contribution >= 4 is 11.9 Å². The van der Waals surface area contributed by atoms with Gasteiger partial charge in [-0.25, -0.2) is 0 Å². The van der Waals surface area contributed by atoms with Crippen LogP contribution in [0.1, 0.15) is 40.0 Å². The maximum absolute atomic E-state index is 12.1. The van der Waals surface area contributed by atoms with Crippen LogP contribution in [-0.2, 0) is 19.1 Å². The van der Waals surface area contributed by atoms with Crippen LogP contribution in [0.5, 0.6) is 0 Å². The van der Waals surface area contributed by atoms with E-state index in [0.717, 1.165) is 6.92 Å². The quantitative estimate of drug-likeness (QED) is 0.549. The number of ether oxygens (including phenoxy) is 2. The molecule has 0 radical (unpaired) electrons. The SMILES string of the molecule is CCOC(=O)C(C(=O)OCC)C(C)(O)CCCC(F)(F)F. The molecule has 0 aliphatic carbocycles. The zero-order chi connectivity index (χ0) is 16.7. The van der Waals surface area contributed by atoms with Gasteiger partial charge in [-0.05, 0) is 33.6 Å². The van der Waals surface area contributed by atoms with Gasteiger partial charge in [-0.2, -0.15) is 13.2 Å². The predicted molar refractivity (Wildman–Crippen MR) is 67.3 cm³/mol. The van der Waals surface area contributed by atoms with Crippen LogP contribution in [0.3, 0.4) is 0 Å². The first kappa shape index (κ1) is 19.7. The van der Waals surface area contributed by atoms with Crippen LogP contribution in [0.15, 0.2) is 0 Å². The van der Waals surface area contributed by atoms with Crippen molar-refractivity contribution in [2.75, 3.05) is 13.2 Å². The average molecular weight is 314 g/mol. The molecule has 0 amide bonds. The molecule has 0 bridgehead atoms. The number of hydrogen-bond acceptors (Lipinski definition) is 5. The Morgan fingerprint density at radius 3 is 1.81 bits per heavy atom. The lowest BCUT2D eigenvalue weighted by Crippen LogP contribution is -2.46. The molecule has 0 fully saturated rings. The number of halogens is 3. The van der Waals surface area contributed by atoms with Crippen LogP contribution in [0, 0.1) is 5.92 Å². The van der Waals surface area contributed by atoms with Crippen molar-refractivity contribution < 1.29 is 37.3 Å². The third-order valence-electron chi connectivity index (χ3n) is 2.81. The first-order valence-electron chi connectivity index (χ1n) is 6.67. The van der Waals surface area contributed by atoms with Crippen molar-refractivity contribution in [1.82, 2.24) is 0 Å². The van der Waals surface area contributed by atoms with Gasteiger partial charge in [0.05, 0.1) is 18.8 Å². The predicted octanol–water partition coefficient (Wildman–Crippen LogP) is 2.21. The number of carbonyl (C=O) groups is 2. The molecule has 0 saturated carbocycles. The summed E-state index contributed by atoms with van der Waals surface area (Å²) in [5.41, 5.74) is -1.97. The number of carbonyl (C=O) groups excluding carboxylic acids is 2. The second kappa shape index (κ2) is 8.21. The van der Waals surface area contributed by atoms with Gasteiger partial charge in [0.15, 0.2) is 5.92 Å². The van der Waals surface area contributed by atoms with E-state index in [4.69, 9.17) is 0 Å². The minimum absolute atomic E-state index is 0.0205. The summed E-state index contributed by atoms with van der Waals surface area (Å²) in [6, 6.07) is 0. The van der Waals surface area contributed by atoms with Gasteiger partial charge in [0.2, 0.25) is 0 Å². The maximum Gasteiger partial charge on any atom is 0.389 e. The van der Waals surface area contributed by atoms with Gasteiger partial charge in [-0.3, -0.25) is 9.59 Å². The highest BCUT2D eigenvalue weighted by Crippen LogP contribution is 2.30. The van der Waals surface area contributed by atoms with Crippen molar-refractivity contribution in [1.29, 1.82) is 0 Å². The molecule has 1 atom stereocenters. The summed E-state index contributed by atoms with van der Waals surface area (Å²) < 4.78 is 45.7. The lowest BCUT2D eigenvalue weighted by Gasteiger charge is -2.29. The Morgan fingerprint density at radius 2 is 1.48 bits per heavy atom. The monoisotopic (exact) mass is 314 g/mol. The molecule has 21 heavy (non-hydrogen) atoms. The molecule has 1 N–H and O–H groups in total. The van der Waals surface area contributed by atoms with E-state index >= 15 is 0 Å². The summed E-state index contributed by atoms with van der Waals surface area (Å²) >= 11 is 0. The molecule has 0 aliphatic heterocycles.